The van der Waals surface area contributed by atoms with E-state index < -0.39 is 17.2 Å². The van der Waals surface area contributed by atoms with E-state index >= 15 is 0 Å². The van der Waals surface area contributed by atoms with Gasteiger partial charge in [-0.3, -0.25) is 15.6 Å². The van der Waals surface area contributed by atoms with Crippen LogP contribution in [-0.4, -0.2) is 36.7 Å². The predicted octanol–water partition coefficient (Wildman–Crippen LogP) is 4.64. The van der Waals surface area contributed by atoms with Gasteiger partial charge in [-0.2, -0.15) is 13.2 Å². The smallest absolute Gasteiger partial charge is 0.416 e. The van der Waals surface area contributed by atoms with Crippen molar-refractivity contribution >= 4 is 29.1 Å². The van der Waals surface area contributed by atoms with Crippen LogP contribution in [-0.2, 0) is 15.7 Å². The molecule has 6 nitrogen and oxygen atoms in total. The first-order valence-electron chi connectivity index (χ1n) is 9.15. The highest BCUT2D eigenvalue weighted by molar-refractivity contribution is 6.12. The zero-order valence-electron chi connectivity index (χ0n) is 16.4. The van der Waals surface area contributed by atoms with Crippen molar-refractivity contribution in [2.75, 3.05) is 19.4 Å². The zero-order valence-corrected chi connectivity index (χ0v) is 16.4. The van der Waals surface area contributed by atoms with Crippen LogP contribution in [0.3, 0.4) is 0 Å². The molecule has 30 heavy (non-hydrogen) atoms. The van der Waals surface area contributed by atoms with Crippen molar-refractivity contribution in [3.8, 4) is 0 Å². The van der Waals surface area contributed by atoms with Crippen LogP contribution in [0.15, 0.2) is 48.5 Å². The molecule has 1 amide bonds. The molecule has 3 N–H and O–H groups in total. The van der Waals surface area contributed by atoms with Crippen LogP contribution in [0.25, 0.3) is 0 Å². The number of amides is 1. The van der Waals surface area contributed by atoms with Crippen LogP contribution >= 0.6 is 0 Å². The fourth-order valence-corrected chi connectivity index (χ4v) is 3.03. The Labute approximate surface area is 171 Å². The summed E-state index contributed by atoms with van der Waals surface area (Å²) in [7, 11) is 3.20. The molecule has 0 saturated heterocycles. The molecule has 1 aliphatic carbocycles. The van der Waals surface area contributed by atoms with Gasteiger partial charge >= 0.3 is 6.18 Å². The molecule has 0 aliphatic heterocycles. The molecule has 2 aromatic rings. The zero-order chi connectivity index (χ0) is 22.1. The quantitative estimate of drug-likeness (QED) is 0.488. The molecule has 1 fully saturated rings. The minimum Gasteiger partial charge on any atom is -0.424 e. The maximum atomic E-state index is 12.7. The molecular weight excluding hydrogens is 397 g/mol. The van der Waals surface area contributed by atoms with Crippen LogP contribution in [0.5, 0.6) is 0 Å². The number of ether oxygens (including phenoxy) is 1. The van der Waals surface area contributed by atoms with E-state index in [1.165, 1.54) is 17.0 Å². The highest BCUT2D eigenvalue weighted by atomic mass is 19.4. The van der Waals surface area contributed by atoms with Gasteiger partial charge in [0.05, 0.1) is 16.8 Å². The van der Waals surface area contributed by atoms with Crippen LogP contribution in [0.2, 0.25) is 0 Å². The summed E-state index contributed by atoms with van der Waals surface area (Å²) in [4.78, 5) is 13.7. The topological polar surface area (TPSA) is 89.3 Å². The van der Waals surface area contributed by atoms with Crippen LogP contribution in [0.4, 0.5) is 24.5 Å². The molecule has 0 bridgehead atoms. The Morgan fingerprint density at radius 1 is 1.07 bits per heavy atom. The Balaban J connectivity index is 1.76. The lowest BCUT2D eigenvalue weighted by Crippen LogP contribution is -2.37. The Morgan fingerprint density at radius 3 is 2.20 bits per heavy atom. The molecule has 0 atom stereocenters. The van der Waals surface area contributed by atoms with E-state index in [1.807, 2.05) is 0 Å². The van der Waals surface area contributed by atoms with Crippen LogP contribution < -0.4 is 5.32 Å². The lowest BCUT2D eigenvalue weighted by atomic mass is 10.1. The van der Waals surface area contributed by atoms with Crippen molar-refractivity contribution < 1.29 is 22.7 Å². The van der Waals surface area contributed by atoms with Gasteiger partial charge in [0.2, 0.25) is 17.7 Å². The summed E-state index contributed by atoms with van der Waals surface area (Å²) in [6.45, 7) is 0. The summed E-state index contributed by atoms with van der Waals surface area (Å²) < 4.78 is 43.6. The normalized spacial score (nSPS) is 14.6. The molecule has 0 aromatic heterocycles. The first-order valence-corrected chi connectivity index (χ1v) is 9.15. The SMILES string of the molecule is CN(C)C(=O)C1(C(=N)OC(=N)c2ccccc2Nc2ccc(C(F)(F)F)cc2)CC1. The van der Waals surface area contributed by atoms with Crippen molar-refractivity contribution in [1.82, 2.24) is 4.90 Å². The maximum Gasteiger partial charge on any atom is 0.416 e. The molecule has 9 heteroatoms. The van der Waals surface area contributed by atoms with Gasteiger partial charge in [-0.25, -0.2) is 0 Å². The number of benzene rings is 2. The van der Waals surface area contributed by atoms with Crippen molar-refractivity contribution in [3.05, 3.63) is 59.7 Å². The van der Waals surface area contributed by atoms with Gasteiger partial charge in [0.15, 0.2) is 0 Å². The number of hydrogen-bond donors (Lipinski definition) is 3. The summed E-state index contributed by atoms with van der Waals surface area (Å²) >= 11 is 0. The van der Waals surface area contributed by atoms with Gasteiger partial charge < -0.3 is 15.0 Å². The Hall–Kier alpha value is -3.36. The van der Waals surface area contributed by atoms with E-state index in [1.54, 1.807) is 38.4 Å². The molecule has 158 valence electrons. The largest absolute Gasteiger partial charge is 0.424 e. The second-order valence-corrected chi connectivity index (χ2v) is 7.29. The number of hydrogen-bond acceptors (Lipinski definition) is 5. The Morgan fingerprint density at radius 2 is 1.67 bits per heavy atom. The van der Waals surface area contributed by atoms with Gasteiger partial charge in [-0.05, 0) is 49.2 Å². The van der Waals surface area contributed by atoms with Crippen molar-refractivity contribution in [3.63, 3.8) is 0 Å². The van der Waals surface area contributed by atoms with Gasteiger partial charge in [-0.15, -0.1) is 0 Å². The van der Waals surface area contributed by atoms with Crippen LogP contribution in [0.1, 0.15) is 24.0 Å². The Kier molecular flexibility index (Phi) is 5.56. The van der Waals surface area contributed by atoms with Crippen LogP contribution in [0, 0.1) is 16.2 Å². The standard InChI is InChI=1S/C21H21F3N4O2/c1-28(2)19(29)20(11-12-20)18(26)30-17(25)15-5-3-4-6-16(15)27-14-9-7-13(8-10-14)21(22,23)24/h3-10,25-27H,11-12H2,1-2H3. The number of nitrogens with one attached hydrogen (secondary N) is 3. The van der Waals surface area contributed by atoms with E-state index in [2.05, 4.69) is 5.32 Å². The number of halogens is 3. The van der Waals surface area contributed by atoms with Crippen molar-refractivity contribution in [2.45, 2.75) is 19.0 Å². The minimum atomic E-state index is -4.42. The number of carbonyl (C=O) groups is 1. The van der Waals surface area contributed by atoms with Gasteiger partial charge in [0.25, 0.3) is 0 Å². The number of rotatable bonds is 5. The Bertz CT molecular complexity index is 980. The molecule has 1 aliphatic rings. The molecule has 3 rings (SSSR count). The number of anilines is 2. The molecule has 0 spiro atoms. The van der Waals surface area contributed by atoms with Crippen molar-refractivity contribution in [1.29, 1.82) is 10.8 Å². The summed E-state index contributed by atoms with van der Waals surface area (Å²) in [5.74, 6) is -0.847. The number of alkyl halides is 3. The number of para-hydroxylation sites is 1. The highest BCUT2D eigenvalue weighted by Crippen LogP contribution is 2.48. The first-order chi connectivity index (χ1) is 14.0. The van der Waals surface area contributed by atoms with E-state index in [-0.39, 0.29) is 17.7 Å². The molecule has 0 radical (unpaired) electrons. The highest BCUT2D eigenvalue weighted by Gasteiger charge is 2.56. The molecule has 1 saturated carbocycles. The van der Waals surface area contributed by atoms with Gasteiger partial charge in [0.1, 0.15) is 5.41 Å². The lowest BCUT2D eigenvalue weighted by Gasteiger charge is -2.21. The summed E-state index contributed by atoms with van der Waals surface area (Å²) in [5.41, 5.74) is -0.633. The number of carbonyl (C=O) groups excluding carboxylic acids is 1. The first kappa shape index (κ1) is 21.4. The molecule has 2 aromatic carbocycles. The maximum absolute atomic E-state index is 12.7. The third kappa shape index (κ3) is 4.29. The van der Waals surface area contributed by atoms with Crippen molar-refractivity contribution in [2.24, 2.45) is 5.41 Å². The minimum absolute atomic E-state index is 0.239. The average Bonchev–Trinajstić information content (AvgIpc) is 3.49. The summed E-state index contributed by atoms with van der Waals surface area (Å²) in [6, 6.07) is 11.1. The number of nitrogens with zero attached hydrogens (tertiary/aromatic N) is 1. The average molecular weight is 418 g/mol. The monoisotopic (exact) mass is 418 g/mol. The van der Waals surface area contributed by atoms with Gasteiger partial charge in [-0.1, -0.05) is 12.1 Å². The third-order valence-electron chi connectivity index (χ3n) is 4.87. The summed E-state index contributed by atoms with van der Waals surface area (Å²) in [6.07, 6.45) is -3.45. The second kappa shape index (κ2) is 7.81. The van der Waals surface area contributed by atoms with Gasteiger partial charge in [0, 0.05) is 19.8 Å². The second-order valence-electron chi connectivity index (χ2n) is 7.29. The van der Waals surface area contributed by atoms with E-state index in [4.69, 9.17) is 15.6 Å². The summed E-state index contributed by atoms with van der Waals surface area (Å²) in [5, 5.41) is 19.4. The fourth-order valence-electron chi connectivity index (χ4n) is 3.03. The molecular formula is C21H21F3N4O2. The van der Waals surface area contributed by atoms with E-state index in [0.717, 1.165) is 12.1 Å². The predicted molar refractivity (Wildman–Crippen MR) is 107 cm³/mol. The lowest BCUT2D eigenvalue weighted by molar-refractivity contribution is -0.137. The van der Waals surface area contributed by atoms with E-state index in [0.29, 0.717) is 29.8 Å². The third-order valence-corrected chi connectivity index (χ3v) is 4.87. The van der Waals surface area contributed by atoms with E-state index in [9.17, 15) is 18.0 Å². The fraction of sp³-hybridized carbons (Fsp3) is 0.286. The molecule has 0 heterocycles. The molecule has 0 unspecified atom stereocenters.